The van der Waals surface area contributed by atoms with Crippen LogP contribution in [0.15, 0.2) is 12.2 Å². The minimum atomic E-state index is -0.391. The molecule has 1 fully saturated rings. The van der Waals surface area contributed by atoms with Gasteiger partial charge in [0.05, 0.1) is 11.1 Å². The summed E-state index contributed by atoms with van der Waals surface area (Å²) in [5.74, 6) is 0.0776. The topological polar surface area (TPSA) is 44.6 Å². The van der Waals surface area contributed by atoms with Crippen LogP contribution in [0.3, 0.4) is 0 Å². The molecule has 0 aromatic rings. The number of ketones is 1. The van der Waals surface area contributed by atoms with Crippen molar-refractivity contribution in [2.24, 2.45) is 5.92 Å². The van der Waals surface area contributed by atoms with E-state index in [9.17, 15) is 10.0 Å². The van der Waals surface area contributed by atoms with E-state index in [4.69, 9.17) is 0 Å². The van der Waals surface area contributed by atoms with Gasteiger partial charge in [-0.3, -0.25) is 4.79 Å². The van der Waals surface area contributed by atoms with Crippen LogP contribution in [-0.4, -0.2) is 16.9 Å². The number of hydroxylamine groups is 2. The minimum Gasteiger partial charge on any atom is -0.634 e. The van der Waals surface area contributed by atoms with Gasteiger partial charge in [-0.2, -0.15) is 0 Å². The van der Waals surface area contributed by atoms with Crippen LogP contribution in [0.5, 0.6) is 0 Å². The van der Waals surface area contributed by atoms with Crippen LogP contribution in [0, 0.1) is 11.1 Å². The Labute approximate surface area is 98.1 Å². The molecular formula is C13H23NO2. The highest BCUT2D eigenvalue weighted by Crippen LogP contribution is 2.30. The van der Waals surface area contributed by atoms with Crippen molar-refractivity contribution >= 4 is 5.78 Å². The molecule has 1 saturated heterocycles. The molecule has 0 aromatic carbocycles. The van der Waals surface area contributed by atoms with Crippen LogP contribution in [0.25, 0.3) is 0 Å². The zero-order valence-electron chi connectivity index (χ0n) is 11.0. The summed E-state index contributed by atoms with van der Waals surface area (Å²) in [7, 11) is 0. The maximum Gasteiger partial charge on any atom is 0.161 e. The van der Waals surface area contributed by atoms with Gasteiger partial charge in [-0.05, 0) is 40.2 Å². The van der Waals surface area contributed by atoms with Gasteiger partial charge in [-0.1, -0.05) is 6.58 Å². The summed E-state index contributed by atoms with van der Waals surface area (Å²) in [6.07, 6.45) is 1.31. The number of quaternary nitrogens is 1. The third kappa shape index (κ3) is 2.36. The predicted molar refractivity (Wildman–Crippen MR) is 65.0 cm³/mol. The lowest BCUT2D eigenvalue weighted by atomic mass is 9.73. The van der Waals surface area contributed by atoms with Crippen molar-refractivity contribution in [2.75, 3.05) is 0 Å². The molecule has 3 heteroatoms. The Morgan fingerprint density at radius 1 is 1.25 bits per heavy atom. The molecule has 0 atom stereocenters. The predicted octanol–water partition coefficient (Wildman–Crippen LogP) is 1.48. The summed E-state index contributed by atoms with van der Waals surface area (Å²) in [5.41, 5.74) is -0.180. The zero-order valence-corrected chi connectivity index (χ0v) is 11.0. The molecule has 0 aromatic heterocycles. The average molecular weight is 225 g/mol. The lowest BCUT2D eigenvalue weighted by Crippen LogP contribution is -3.23. The van der Waals surface area contributed by atoms with Gasteiger partial charge < -0.3 is 10.3 Å². The normalized spacial score (nSPS) is 32.1. The van der Waals surface area contributed by atoms with Crippen molar-refractivity contribution in [3.8, 4) is 0 Å². The highest BCUT2D eigenvalue weighted by molar-refractivity contribution is 5.96. The van der Waals surface area contributed by atoms with Crippen LogP contribution in [0.2, 0.25) is 0 Å². The van der Waals surface area contributed by atoms with Gasteiger partial charge in [-0.25, -0.2) is 0 Å². The smallest absolute Gasteiger partial charge is 0.161 e. The molecule has 92 valence electrons. The first-order valence-corrected chi connectivity index (χ1v) is 5.82. The highest BCUT2D eigenvalue weighted by Gasteiger charge is 2.47. The van der Waals surface area contributed by atoms with Crippen molar-refractivity contribution in [2.45, 2.75) is 58.5 Å². The third-order valence-corrected chi connectivity index (χ3v) is 3.53. The van der Waals surface area contributed by atoms with E-state index in [1.54, 1.807) is 6.92 Å². The maximum absolute atomic E-state index is 12.2. The molecule has 0 aliphatic carbocycles. The van der Waals surface area contributed by atoms with Gasteiger partial charge in [0.15, 0.2) is 5.78 Å². The lowest BCUT2D eigenvalue weighted by molar-refractivity contribution is -0.956. The summed E-state index contributed by atoms with van der Waals surface area (Å²) in [4.78, 5) is 12.0. The van der Waals surface area contributed by atoms with Gasteiger partial charge in [0.1, 0.15) is 0 Å². The Bertz CT molecular complexity index is 300. The van der Waals surface area contributed by atoms with Crippen molar-refractivity contribution in [3.05, 3.63) is 17.4 Å². The number of Topliss-reactive ketones (excluding diaryl/α,β-unsaturated/α-hetero) is 1. The van der Waals surface area contributed by atoms with Crippen LogP contribution in [0.1, 0.15) is 47.5 Å². The maximum atomic E-state index is 12.2. The lowest BCUT2D eigenvalue weighted by Gasteiger charge is -2.54. The number of carbonyl (C=O) groups excluding carboxylic acids is 1. The van der Waals surface area contributed by atoms with Crippen molar-refractivity contribution in [1.82, 2.24) is 0 Å². The van der Waals surface area contributed by atoms with Crippen molar-refractivity contribution in [3.63, 3.8) is 0 Å². The third-order valence-electron chi connectivity index (χ3n) is 3.53. The summed E-state index contributed by atoms with van der Waals surface area (Å²) in [5, 5.41) is 12.4. The molecule has 1 N–H and O–H groups in total. The Hall–Kier alpha value is -0.670. The monoisotopic (exact) mass is 225 g/mol. The van der Waals surface area contributed by atoms with E-state index >= 15 is 0 Å². The van der Waals surface area contributed by atoms with E-state index in [0.29, 0.717) is 18.4 Å². The molecule has 1 heterocycles. The van der Waals surface area contributed by atoms with Crippen LogP contribution in [-0.2, 0) is 4.79 Å². The number of nitrogens with one attached hydrogen (secondary N) is 1. The van der Waals surface area contributed by atoms with Gasteiger partial charge in [0.25, 0.3) is 0 Å². The molecule has 0 unspecified atom stereocenters. The quantitative estimate of drug-likeness (QED) is 0.571. The highest BCUT2D eigenvalue weighted by atomic mass is 16.5. The Kier molecular flexibility index (Phi) is 3.32. The van der Waals surface area contributed by atoms with Crippen LogP contribution in [0.4, 0.5) is 0 Å². The second-order valence-corrected chi connectivity index (χ2v) is 6.35. The van der Waals surface area contributed by atoms with E-state index in [0.717, 1.165) is 0 Å². The van der Waals surface area contributed by atoms with Gasteiger partial charge in [-0.15, -0.1) is 0 Å². The minimum absolute atomic E-state index is 0.0415. The van der Waals surface area contributed by atoms with Crippen LogP contribution >= 0.6 is 0 Å². The number of allylic oxidation sites excluding steroid dienone is 1. The first-order chi connectivity index (χ1) is 7.08. The second kappa shape index (κ2) is 3.97. The van der Waals surface area contributed by atoms with Crippen molar-refractivity contribution in [1.29, 1.82) is 0 Å². The summed E-state index contributed by atoms with van der Waals surface area (Å²) >= 11 is 0. The molecule has 16 heavy (non-hydrogen) atoms. The summed E-state index contributed by atoms with van der Waals surface area (Å²) in [6, 6.07) is 0. The number of piperidine rings is 1. The number of carbonyl (C=O) groups is 1. The van der Waals surface area contributed by atoms with Gasteiger partial charge >= 0.3 is 0 Å². The fourth-order valence-corrected chi connectivity index (χ4v) is 2.94. The molecule has 0 bridgehead atoms. The number of hydrogen-bond acceptors (Lipinski definition) is 2. The van der Waals surface area contributed by atoms with E-state index in [-0.39, 0.29) is 16.8 Å². The van der Waals surface area contributed by atoms with E-state index < -0.39 is 11.1 Å². The summed E-state index contributed by atoms with van der Waals surface area (Å²) < 4.78 is 0. The fraction of sp³-hybridized carbons (Fsp3) is 0.769. The Morgan fingerprint density at radius 3 is 1.94 bits per heavy atom. The molecule has 0 radical (unpaired) electrons. The summed E-state index contributed by atoms with van der Waals surface area (Å²) in [6.45, 7) is 13.2. The van der Waals surface area contributed by atoms with E-state index in [2.05, 4.69) is 6.58 Å². The standard InChI is InChI=1S/C13H23NO2/c1-9(2)11(15)10-7-12(3,4)14(16)13(5,6)8-10/h10,14H,1,7-8H2,2-6H3. The van der Waals surface area contributed by atoms with E-state index in [1.165, 1.54) is 0 Å². The molecule has 0 spiro atoms. The fourth-order valence-electron chi connectivity index (χ4n) is 2.94. The average Bonchev–Trinajstić information content (AvgIpc) is 2.11. The van der Waals surface area contributed by atoms with Crippen molar-refractivity contribution < 1.29 is 9.86 Å². The molecule has 0 saturated carbocycles. The second-order valence-electron chi connectivity index (χ2n) is 6.35. The first-order valence-electron chi connectivity index (χ1n) is 5.82. The largest absolute Gasteiger partial charge is 0.634 e. The molecule has 0 amide bonds. The first kappa shape index (κ1) is 13.4. The van der Waals surface area contributed by atoms with E-state index in [1.807, 2.05) is 27.7 Å². The van der Waals surface area contributed by atoms with Crippen LogP contribution < -0.4 is 5.06 Å². The van der Waals surface area contributed by atoms with Gasteiger partial charge in [0, 0.05) is 18.8 Å². The number of rotatable bonds is 2. The molecule has 1 rings (SSSR count). The Morgan fingerprint density at radius 2 is 1.62 bits per heavy atom. The number of hydrogen-bond donors (Lipinski definition) is 1. The van der Waals surface area contributed by atoms with Gasteiger partial charge in [0.2, 0.25) is 0 Å². The molecule has 3 nitrogen and oxygen atoms in total. The Balaban J connectivity index is 2.95. The molecule has 1 aliphatic rings. The molecule has 1 aliphatic heterocycles. The molecular weight excluding hydrogens is 202 g/mol. The zero-order chi connectivity index (χ0) is 12.7. The SMILES string of the molecule is C=C(C)C(=O)C1CC(C)(C)[NH+]([O-])C(C)(C)C1.